The van der Waals surface area contributed by atoms with Gasteiger partial charge in [0.2, 0.25) is 11.8 Å². The number of piperidine rings is 1. The van der Waals surface area contributed by atoms with Crippen LogP contribution in [-0.4, -0.2) is 72.2 Å². The Morgan fingerprint density at radius 3 is 2.27 bits per heavy atom. The third kappa shape index (κ3) is 4.09. The van der Waals surface area contributed by atoms with Crippen molar-refractivity contribution in [1.82, 2.24) is 15.1 Å². The zero-order valence-electron chi connectivity index (χ0n) is 17.9. The van der Waals surface area contributed by atoms with E-state index in [9.17, 15) is 19.2 Å². The third-order valence-electron chi connectivity index (χ3n) is 5.70. The molecule has 8 nitrogen and oxygen atoms in total. The van der Waals surface area contributed by atoms with Crippen molar-refractivity contribution in [3.8, 4) is 0 Å². The molecule has 4 amide bonds. The lowest BCUT2D eigenvalue weighted by Gasteiger charge is -2.36. The van der Waals surface area contributed by atoms with E-state index in [-0.39, 0.29) is 18.7 Å². The number of carbonyl (C=O) groups is 4. The van der Waals surface area contributed by atoms with Crippen LogP contribution in [-0.2, 0) is 9.59 Å². The van der Waals surface area contributed by atoms with Crippen LogP contribution in [0.15, 0.2) is 18.2 Å². The van der Waals surface area contributed by atoms with E-state index in [1.165, 1.54) is 0 Å². The molecule has 3 heterocycles. The largest absolute Gasteiger partial charge is 0.369 e. The lowest BCUT2D eigenvalue weighted by molar-refractivity contribution is -0.136. The number of benzene rings is 1. The van der Waals surface area contributed by atoms with Gasteiger partial charge in [-0.1, -0.05) is 20.8 Å². The first-order chi connectivity index (χ1) is 14.5. The Bertz CT molecular complexity index is 846. The Morgan fingerprint density at radius 2 is 1.63 bits per heavy atom. The zero-order valence-corrected chi connectivity index (χ0v) is 17.9. The van der Waals surface area contributed by atoms with Gasteiger partial charge < -0.3 is 4.90 Å². The van der Waals surface area contributed by atoms with Crippen LogP contribution in [0.5, 0.6) is 0 Å². The van der Waals surface area contributed by atoms with Gasteiger partial charge in [0.1, 0.15) is 6.04 Å². The van der Waals surface area contributed by atoms with Gasteiger partial charge in [0.15, 0.2) is 0 Å². The van der Waals surface area contributed by atoms with Crippen molar-refractivity contribution in [2.75, 3.05) is 37.6 Å². The quantitative estimate of drug-likeness (QED) is 0.754. The Kier molecular flexibility index (Phi) is 6.87. The first-order valence-electron chi connectivity index (χ1n) is 10.8. The summed E-state index contributed by atoms with van der Waals surface area (Å²) in [6, 6.07) is 4.38. The molecule has 30 heavy (non-hydrogen) atoms. The average Bonchev–Trinajstić information content (AvgIpc) is 3.00. The molecule has 2 fully saturated rings. The van der Waals surface area contributed by atoms with Crippen LogP contribution >= 0.6 is 0 Å². The number of amides is 4. The van der Waals surface area contributed by atoms with Gasteiger partial charge in [0.05, 0.1) is 11.1 Å². The number of carbonyl (C=O) groups excluding carboxylic acids is 4. The molecule has 2 saturated heterocycles. The summed E-state index contributed by atoms with van der Waals surface area (Å²) in [5, 5.41) is 2.21. The maximum absolute atomic E-state index is 12.9. The third-order valence-corrected chi connectivity index (χ3v) is 5.70. The summed E-state index contributed by atoms with van der Waals surface area (Å²) < 4.78 is 0. The zero-order chi connectivity index (χ0) is 21.8. The number of hydrogen-bond donors (Lipinski definition) is 1. The summed E-state index contributed by atoms with van der Waals surface area (Å²) in [4.78, 5) is 54.8. The van der Waals surface area contributed by atoms with E-state index in [0.717, 1.165) is 49.7 Å². The molecule has 0 aliphatic carbocycles. The van der Waals surface area contributed by atoms with Crippen molar-refractivity contribution in [3.63, 3.8) is 0 Å². The van der Waals surface area contributed by atoms with Crippen molar-refractivity contribution in [2.45, 2.75) is 46.1 Å². The lowest BCUT2D eigenvalue weighted by atomic mass is 10.0. The van der Waals surface area contributed by atoms with Crippen LogP contribution in [0.3, 0.4) is 0 Å². The summed E-state index contributed by atoms with van der Waals surface area (Å²) in [5.74, 6) is -1.88. The first-order valence-corrected chi connectivity index (χ1v) is 10.8. The summed E-state index contributed by atoms with van der Waals surface area (Å²) in [7, 11) is 0. The van der Waals surface area contributed by atoms with Crippen LogP contribution < -0.4 is 10.2 Å². The monoisotopic (exact) mass is 414 g/mol. The standard InChI is InChI=1S/C20H24N4O4.C2H6/c1-2-7-22-8-10-23(11-9-22)13-3-4-14-15(12-13)20(28)24(19(14)27)16-5-6-17(25)21-18(16)26;1-2/h3-4,12,16H,2,5-11H2,1H3,(H,21,25,26);1-2H3. The van der Waals surface area contributed by atoms with Crippen LogP contribution in [0, 0.1) is 0 Å². The maximum Gasteiger partial charge on any atom is 0.262 e. The summed E-state index contributed by atoms with van der Waals surface area (Å²) >= 11 is 0. The molecular weight excluding hydrogens is 384 g/mol. The highest BCUT2D eigenvalue weighted by Gasteiger charge is 2.44. The van der Waals surface area contributed by atoms with Crippen molar-refractivity contribution in [1.29, 1.82) is 0 Å². The number of nitrogens with zero attached hydrogens (tertiary/aromatic N) is 3. The molecule has 1 aromatic rings. The van der Waals surface area contributed by atoms with E-state index in [4.69, 9.17) is 0 Å². The highest BCUT2D eigenvalue weighted by molar-refractivity contribution is 6.23. The molecule has 0 bridgehead atoms. The molecule has 3 aliphatic rings. The second kappa shape index (κ2) is 9.38. The number of fused-ring (bicyclic) bond motifs is 1. The Balaban J connectivity index is 0.00000124. The van der Waals surface area contributed by atoms with Gasteiger partial charge >= 0.3 is 0 Å². The second-order valence-corrected chi connectivity index (χ2v) is 7.51. The molecule has 1 unspecified atom stereocenters. The molecule has 0 spiro atoms. The van der Waals surface area contributed by atoms with Crippen molar-refractivity contribution in [3.05, 3.63) is 29.3 Å². The molecule has 3 aliphatic heterocycles. The van der Waals surface area contributed by atoms with Crippen LogP contribution in [0.4, 0.5) is 5.69 Å². The molecule has 1 aromatic carbocycles. The molecule has 1 atom stereocenters. The van der Waals surface area contributed by atoms with E-state index in [0.29, 0.717) is 11.1 Å². The predicted octanol–water partition coefficient (Wildman–Crippen LogP) is 1.65. The van der Waals surface area contributed by atoms with Gasteiger partial charge in [-0.15, -0.1) is 0 Å². The van der Waals surface area contributed by atoms with Crippen LogP contribution in [0.2, 0.25) is 0 Å². The van der Waals surface area contributed by atoms with E-state index in [1.807, 2.05) is 19.9 Å². The Hall–Kier alpha value is -2.74. The second-order valence-electron chi connectivity index (χ2n) is 7.51. The Morgan fingerprint density at radius 1 is 0.967 bits per heavy atom. The molecular formula is C22H30N4O4. The Labute approximate surface area is 177 Å². The highest BCUT2D eigenvalue weighted by Crippen LogP contribution is 2.31. The lowest BCUT2D eigenvalue weighted by Crippen LogP contribution is -2.54. The van der Waals surface area contributed by atoms with Crippen molar-refractivity contribution >= 4 is 29.3 Å². The molecule has 4 rings (SSSR count). The minimum Gasteiger partial charge on any atom is -0.369 e. The minimum absolute atomic E-state index is 0.122. The maximum atomic E-state index is 12.9. The summed E-state index contributed by atoms with van der Waals surface area (Å²) in [6.07, 6.45) is 1.42. The fourth-order valence-corrected chi connectivity index (χ4v) is 4.20. The minimum atomic E-state index is -0.925. The number of hydrogen-bond acceptors (Lipinski definition) is 6. The van der Waals surface area contributed by atoms with Crippen LogP contribution in [0.25, 0.3) is 0 Å². The van der Waals surface area contributed by atoms with Crippen molar-refractivity contribution < 1.29 is 19.2 Å². The van der Waals surface area contributed by atoms with Gasteiger partial charge in [-0.25, -0.2) is 0 Å². The molecule has 0 saturated carbocycles. The topological polar surface area (TPSA) is 90.0 Å². The number of nitrogens with one attached hydrogen (secondary N) is 1. The summed E-state index contributed by atoms with van der Waals surface area (Å²) in [6.45, 7) is 11.0. The SMILES string of the molecule is CC.CCCN1CCN(c2ccc3c(c2)C(=O)N(C2CCC(=O)NC2=O)C3=O)CC1. The molecule has 162 valence electrons. The van der Waals surface area contributed by atoms with Gasteiger partial charge in [0, 0.05) is 38.3 Å². The van der Waals surface area contributed by atoms with Gasteiger partial charge in [-0.3, -0.25) is 34.3 Å². The number of piperazine rings is 1. The number of rotatable bonds is 4. The number of anilines is 1. The van der Waals surface area contributed by atoms with Gasteiger partial charge in [-0.2, -0.15) is 0 Å². The van der Waals surface area contributed by atoms with E-state index in [2.05, 4.69) is 22.0 Å². The molecule has 8 heteroatoms. The van der Waals surface area contributed by atoms with E-state index < -0.39 is 23.8 Å². The fraction of sp³-hybridized carbons (Fsp3) is 0.545. The normalized spacial score (nSPS) is 21.9. The van der Waals surface area contributed by atoms with Gasteiger partial charge in [0.25, 0.3) is 11.8 Å². The van der Waals surface area contributed by atoms with Crippen LogP contribution in [0.1, 0.15) is 60.7 Å². The van der Waals surface area contributed by atoms with E-state index >= 15 is 0 Å². The smallest absolute Gasteiger partial charge is 0.262 e. The predicted molar refractivity (Wildman–Crippen MR) is 113 cm³/mol. The highest BCUT2D eigenvalue weighted by atomic mass is 16.2. The molecule has 1 N–H and O–H groups in total. The molecule has 0 radical (unpaired) electrons. The fourth-order valence-electron chi connectivity index (χ4n) is 4.20. The number of imide groups is 2. The molecule has 0 aromatic heterocycles. The van der Waals surface area contributed by atoms with E-state index in [1.54, 1.807) is 12.1 Å². The van der Waals surface area contributed by atoms with Gasteiger partial charge in [-0.05, 0) is 37.6 Å². The van der Waals surface area contributed by atoms with Crippen molar-refractivity contribution in [2.24, 2.45) is 0 Å². The summed E-state index contributed by atoms with van der Waals surface area (Å²) in [5.41, 5.74) is 1.58. The first kappa shape index (κ1) is 22.0. The average molecular weight is 415 g/mol.